The van der Waals surface area contributed by atoms with Crippen LogP contribution in [0.5, 0.6) is 0 Å². The number of hydrogen-bond acceptors (Lipinski definition) is 5. The monoisotopic (exact) mass is 388 g/mol. The van der Waals surface area contributed by atoms with Crippen molar-refractivity contribution in [3.05, 3.63) is 46.8 Å². The van der Waals surface area contributed by atoms with Gasteiger partial charge in [-0.15, -0.1) is 0 Å². The first-order valence-corrected chi connectivity index (χ1v) is 10.9. The van der Waals surface area contributed by atoms with Crippen molar-refractivity contribution in [2.75, 3.05) is 19.3 Å². The highest BCUT2D eigenvalue weighted by molar-refractivity contribution is 7.88. The van der Waals surface area contributed by atoms with Crippen LogP contribution in [0.15, 0.2) is 24.3 Å². The van der Waals surface area contributed by atoms with Crippen LogP contribution in [0.3, 0.4) is 0 Å². The normalized spacial score (nSPS) is 13.9. The summed E-state index contributed by atoms with van der Waals surface area (Å²) >= 11 is 0. The summed E-state index contributed by atoms with van der Waals surface area (Å²) in [5.41, 5.74) is 4.68. The van der Waals surface area contributed by atoms with E-state index in [0.29, 0.717) is 11.4 Å². The van der Waals surface area contributed by atoms with Crippen molar-refractivity contribution < 1.29 is 13.2 Å². The van der Waals surface area contributed by atoms with Gasteiger partial charge in [-0.25, -0.2) is 23.1 Å². The van der Waals surface area contributed by atoms with Gasteiger partial charge in [-0.1, -0.05) is 12.1 Å². The number of fused-ring (bicyclic) bond motifs is 1. The molecule has 3 rings (SSSR count). The second-order valence-electron chi connectivity index (χ2n) is 6.77. The van der Waals surface area contributed by atoms with Crippen molar-refractivity contribution in [3.8, 4) is 11.4 Å². The quantitative estimate of drug-likeness (QED) is 0.732. The lowest BCUT2D eigenvalue weighted by molar-refractivity contribution is 0.0954. The van der Waals surface area contributed by atoms with E-state index in [1.165, 1.54) is 12.0 Å². The van der Waals surface area contributed by atoms with Crippen LogP contribution >= 0.6 is 0 Å². The van der Waals surface area contributed by atoms with Gasteiger partial charge in [0.15, 0.2) is 5.82 Å². The van der Waals surface area contributed by atoms with Crippen molar-refractivity contribution >= 4 is 15.9 Å². The number of hydrogen-bond donors (Lipinski definition) is 2. The average Bonchev–Trinajstić information content (AvgIpc) is 2.64. The minimum absolute atomic E-state index is 0.150. The fourth-order valence-electron chi connectivity index (χ4n) is 3.22. The largest absolute Gasteiger partial charge is 0.351 e. The van der Waals surface area contributed by atoms with Crippen LogP contribution in [-0.4, -0.2) is 43.6 Å². The predicted molar refractivity (Wildman–Crippen MR) is 104 cm³/mol. The van der Waals surface area contributed by atoms with Gasteiger partial charge in [0.2, 0.25) is 10.0 Å². The molecule has 1 aromatic heterocycles. The average molecular weight is 388 g/mol. The Hall–Kier alpha value is -2.32. The highest BCUT2D eigenvalue weighted by Crippen LogP contribution is 2.25. The first kappa shape index (κ1) is 19.4. The standard InChI is InChI=1S/C19H24N4O3S/c1-13-16-8-3-4-9-17(16)23-18(22-13)14-6-5-7-15(12-14)19(24)20-10-11-21-27(2,25)26/h5-7,12,21H,3-4,8-11H2,1-2H3,(H,20,24). The van der Waals surface area contributed by atoms with E-state index in [1.807, 2.05) is 13.0 Å². The summed E-state index contributed by atoms with van der Waals surface area (Å²) < 4.78 is 24.4. The predicted octanol–water partition coefficient (Wildman–Crippen LogP) is 1.61. The summed E-state index contributed by atoms with van der Waals surface area (Å²) in [7, 11) is -3.26. The van der Waals surface area contributed by atoms with Crippen LogP contribution in [0.1, 0.15) is 40.2 Å². The van der Waals surface area contributed by atoms with Crippen molar-refractivity contribution in [2.45, 2.75) is 32.6 Å². The zero-order valence-corrected chi connectivity index (χ0v) is 16.4. The number of benzene rings is 1. The van der Waals surface area contributed by atoms with Crippen LogP contribution in [-0.2, 0) is 22.9 Å². The molecule has 1 aromatic carbocycles. The summed E-state index contributed by atoms with van der Waals surface area (Å²) in [5, 5.41) is 2.70. The Morgan fingerprint density at radius 2 is 1.93 bits per heavy atom. The van der Waals surface area contributed by atoms with Gasteiger partial charge in [-0.2, -0.15) is 0 Å². The molecular formula is C19H24N4O3S. The summed E-state index contributed by atoms with van der Waals surface area (Å²) in [6, 6.07) is 7.18. The minimum atomic E-state index is -3.26. The summed E-state index contributed by atoms with van der Waals surface area (Å²) in [6.07, 6.45) is 5.41. The maximum Gasteiger partial charge on any atom is 0.251 e. The van der Waals surface area contributed by atoms with E-state index >= 15 is 0 Å². The smallest absolute Gasteiger partial charge is 0.251 e. The van der Waals surface area contributed by atoms with Crippen LogP contribution in [0.2, 0.25) is 0 Å². The Morgan fingerprint density at radius 3 is 2.70 bits per heavy atom. The maximum absolute atomic E-state index is 12.3. The van der Waals surface area contributed by atoms with Crippen molar-refractivity contribution in [3.63, 3.8) is 0 Å². The van der Waals surface area contributed by atoms with Crippen LogP contribution in [0.25, 0.3) is 11.4 Å². The molecule has 27 heavy (non-hydrogen) atoms. The molecule has 7 nitrogen and oxygen atoms in total. The molecule has 2 aromatic rings. The van der Waals surface area contributed by atoms with Gasteiger partial charge in [0.25, 0.3) is 5.91 Å². The lowest BCUT2D eigenvalue weighted by atomic mass is 9.94. The second kappa shape index (κ2) is 8.14. The molecule has 0 fully saturated rings. The number of nitrogens with zero attached hydrogens (tertiary/aromatic N) is 2. The van der Waals surface area contributed by atoms with E-state index in [0.717, 1.165) is 42.5 Å². The molecule has 0 spiro atoms. The van der Waals surface area contributed by atoms with Gasteiger partial charge in [-0.05, 0) is 50.3 Å². The van der Waals surface area contributed by atoms with Gasteiger partial charge in [-0.3, -0.25) is 4.79 Å². The first-order chi connectivity index (χ1) is 12.8. The Labute approximate surface area is 159 Å². The summed E-state index contributed by atoms with van der Waals surface area (Å²) in [4.78, 5) is 21.7. The van der Waals surface area contributed by atoms with E-state index in [9.17, 15) is 13.2 Å². The van der Waals surface area contributed by atoms with Gasteiger partial charge in [0.05, 0.1) is 6.26 Å². The van der Waals surface area contributed by atoms with Gasteiger partial charge < -0.3 is 5.32 Å². The molecule has 0 saturated heterocycles. The first-order valence-electron chi connectivity index (χ1n) is 9.03. The maximum atomic E-state index is 12.3. The number of aryl methyl sites for hydroxylation is 2. The Balaban J connectivity index is 1.74. The zero-order chi connectivity index (χ0) is 19.4. The van der Waals surface area contributed by atoms with E-state index in [2.05, 4.69) is 15.0 Å². The molecule has 1 amide bonds. The lowest BCUT2D eigenvalue weighted by Gasteiger charge is -2.17. The molecule has 144 valence electrons. The van der Waals surface area contributed by atoms with E-state index in [-0.39, 0.29) is 19.0 Å². The van der Waals surface area contributed by atoms with Crippen molar-refractivity contribution in [2.24, 2.45) is 0 Å². The summed E-state index contributed by atoms with van der Waals surface area (Å²) in [6.45, 7) is 2.38. The fourth-order valence-corrected chi connectivity index (χ4v) is 3.70. The topological polar surface area (TPSA) is 101 Å². The number of sulfonamides is 1. The van der Waals surface area contributed by atoms with Gasteiger partial charge in [0.1, 0.15) is 0 Å². The summed E-state index contributed by atoms with van der Waals surface area (Å²) in [5.74, 6) is 0.378. The molecule has 1 aliphatic rings. The molecule has 0 saturated carbocycles. The molecule has 0 atom stereocenters. The number of rotatable bonds is 6. The third-order valence-corrected chi connectivity index (χ3v) is 5.28. The molecule has 1 heterocycles. The van der Waals surface area contributed by atoms with Crippen molar-refractivity contribution in [1.82, 2.24) is 20.0 Å². The molecule has 2 N–H and O–H groups in total. The van der Waals surface area contributed by atoms with Gasteiger partial charge >= 0.3 is 0 Å². The van der Waals surface area contributed by atoms with E-state index < -0.39 is 10.0 Å². The third-order valence-electron chi connectivity index (χ3n) is 4.55. The highest BCUT2D eigenvalue weighted by Gasteiger charge is 2.17. The van der Waals surface area contributed by atoms with Gasteiger partial charge in [0, 0.05) is 35.6 Å². The van der Waals surface area contributed by atoms with Crippen LogP contribution in [0, 0.1) is 6.92 Å². The van der Waals surface area contributed by atoms with Crippen LogP contribution < -0.4 is 10.0 Å². The Bertz CT molecular complexity index is 957. The molecule has 0 bridgehead atoms. The number of aromatic nitrogens is 2. The molecule has 1 aliphatic carbocycles. The molecule has 0 radical (unpaired) electrons. The molecule has 0 aliphatic heterocycles. The minimum Gasteiger partial charge on any atom is -0.351 e. The molecular weight excluding hydrogens is 364 g/mol. The number of nitrogens with one attached hydrogen (secondary N) is 2. The SMILES string of the molecule is Cc1nc(-c2cccc(C(=O)NCCNS(C)(=O)=O)c2)nc2c1CCCC2. The Morgan fingerprint density at radius 1 is 1.15 bits per heavy atom. The molecule has 8 heteroatoms. The molecule has 0 unspecified atom stereocenters. The van der Waals surface area contributed by atoms with Crippen molar-refractivity contribution in [1.29, 1.82) is 0 Å². The van der Waals surface area contributed by atoms with E-state index in [4.69, 9.17) is 4.98 Å². The lowest BCUT2D eigenvalue weighted by Crippen LogP contribution is -2.34. The number of amides is 1. The second-order valence-corrected chi connectivity index (χ2v) is 8.60. The third kappa shape index (κ3) is 5.11. The highest BCUT2D eigenvalue weighted by atomic mass is 32.2. The Kier molecular flexibility index (Phi) is 5.86. The fraction of sp³-hybridized carbons (Fsp3) is 0.421. The number of carbonyl (C=O) groups excluding carboxylic acids is 1. The zero-order valence-electron chi connectivity index (χ0n) is 15.6. The van der Waals surface area contributed by atoms with Crippen LogP contribution in [0.4, 0.5) is 0 Å². The van der Waals surface area contributed by atoms with E-state index in [1.54, 1.807) is 18.2 Å². The number of carbonyl (C=O) groups is 1.